The number of esters is 1. The lowest BCUT2D eigenvalue weighted by Gasteiger charge is -2.10. The molecule has 0 aliphatic rings. The number of aryl methyl sites for hydroxylation is 1. The average Bonchev–Trinajstić information content (AvgIpc) is 3.48. The number of nitrogens with zero attached hydrogens (tertiary/aromatic N) is 3. The molecule has 4 aromatic rings. The molecule has 0 unspecified atom stereocenters. The number of benzene rings is 1. The van der Waals surface area contributed by atoms with Crippen LogP contribution >= 0.6 is 11.8 Å². The lowest BCUT2D eigenvalue weighted by Crippen LogP contribution is -2.05. The molecule has 3 aromatic heterocycles. The molecule has 0 spiro atoms. The molecule has 0 atom stereocenters. The normalized spacial score (nSPS) is 11.0. The summed E-state index contributed by atoms with van der Waals surface area (Å²) < 4.78 is 17.6. The quantitative estimate of drug-likeness (QED) is 0.327. The smallest absolute Gasteiger partial charge is 0.374 e. The first-order valence-corrected chi connectivity index (χ1v) is 9.95. The number of hydrogen-bond acceptors (Lipinski definition) is 7. The molecule has 29 heavy (non-hydrogen) atoms. The molecular formula is C21H19N3O4S. The van der Waals surface area contributed by atoms with Gasteiger partial charge in [-0.2, -0.15) is 0 Å². The van der Waals surface area contributed by atoms with Crippen LogP contribution in [0.2, 0.25) is 0 Å². The van der Waals surface area contributed by atoms with Crippen LogP contribution in [0.3, 0.4) is 0 Å². The van der Waals surface area contributed by atoms with Gasteiger partial charge in [0.1, 0.15) is 5.76 Å². The van der Waals surface area contributed by atoms with Crippen molar-refractivity contribution in [2.75, 3.05) is 7.11 Å². The molecule has 0 saturated carbocycles. The van der Waals surface area contributed by atoms with Crippen molar-refractivity contribution in [1.29, 1.82) is 0 Å². The fourth-order valence-corrected chi connectivity index (χ4v) is 3.90. The number of rotatable bonds is 7. The summed E-state index contributed by atoms with van der Waals surface area (Å²) in [6.07, 6.45) is 3.13. The standard InChI is InChI=1S/C21H19N3O4S/c1-14-6-3-4-8-17(14)19-22-23-21(24(19)12-16-7-5-10-27-16)29-13-15-9-11-28-18(15)20(25)26-2/h3-11H,12-13H2,1-2H3. The van der Waals surface area contributed by atoms with E-state index < -0.39 is 5.97 Å². The fraction of sp³-hybridized carbons (Fsp3) is 0.190. The van der Waals surface area contributed by atoms with Crippen molar-refractivity contribution in [3.8, 4) is 11.4 Å². The van der Waals surface area contributed by atoms with Crippen molar-refractivity contribution in [1.82, 2.24) is 14.8 Å². The van der Waals surface area contributed by atoms with Crippen LogP contribution in [0, 0.1) is 6.92 Å². The second-order valence-electron chi connectivity index (χ2n) is 6.34. The van der Waals surface area contributed by atoms with E-state index in [-0.39, 0.29) is 5.76 Å². The first-order chi connectivity index (χ1) is 14.2. The molecule has 0 radical (unpaired) electrons. The monoisotopic (exact) mass is 409 g/mol. The molecule has 0 amide bonds. The van der Waals surface area contributed by atoms with Gasteiger partial charge in [-0.05, 0) is 30.7 Å². The van der Waals surface area contributed by atoms with E-state index in [1.165, 1.54) is 25.1 Å². The summed E-state index contributed by atoms with van der Waals surface area (Å²) >= 11 is 1.47. The van der Waals surface area contributed by atoms with Gasteiger partial charge in [0.2, 0.25) is 5.76 Å². The molecular weight excluding hydrogens is 390 g/mol. The Labute approximate surface area is 171 Å². The summed E-state index contributed by atoms with van der Waals surface area (Å²) in [5, 5.41) is 9.55. The van der Waals surface area contributed by atoms with Crippen LogP contribution in [-0.4, -0.2) is 27.8 Å². The number of furan rings is 2. The largest absolute Gasteiger partial charge is 0.467 e. The van der Waals surface area contributed by atoms with Crippen LogP contribution in [0.4, 0.5) is 0 Å². The molecule has 0 N–H and O–H groups in total. The number of thioether (sulfide) groups is 1. The van der Waals surface area contributed by atoms with Gasteiger partial charge in [0.05, 0.1) is 26.2 Å². The Kier molecular flexibility index (Phi) is 5.53. The SMILES string of the molecule is COC(=O)c1occc1CSc1nnc(-c2ccccc2C)n1Cc1ccco1. The van der Waals surface area contributed by atoms with E-state index in [2.05, 4.69) is 10.2 Å². The van der Waals surface area contributed by atoms with Crippen LogP contribution in [-0.2, 0) is 17.0 Å². The van der Waals surface area contributed by atoms with Gasteiger partial charge in [-0.3, -0.25) is 4.57 Å². The van der Waals surface area contributed by atoms with Crippen LogP contribution in [0.25, 0.3) is 11.4 Å². The number of methoxy groups -OCH3 is 1. The van der Waals surface area contributed by atoms with E-state index in [4.69, 9.17) is 13.6 Å². The third kappa shape index (κ3) is 3.97. The van der Waals surface area contributed by atoms with Crippen molar-refractivity contribution in [2.45, 2.75) is 24.4 Å². The van der Waals surface area contributed by atoms with Crippen molar-refractivity contribution in [3.05, 3.63) is 77.6 Å². The zero-order valence-corrected chi connectivity index (χ0v) is 16.8. The second kappa shape index (κ2) is 8.40. The molecule has 0 aliphatic carbocycles. The highest BCUT2D eigenvalue weighted by Gasteiger charge is 2.20. The van der Waals surface area contributed by atoms with E-state index in [1.807, 2.05) is 47.9 Å². The highest BCUT2D eigenvalue weighted by molar-refractivity contribution is 7.98. The van der Waals surface area contributed by atoms with E-state index in [1.54, 1.807) is 12.3 Å². The van der Waals surface area contributed by atoms with Crippen molar-refractivity contribution in [2.24, 2.45) is 0 Å². The number of carbonyl (C=O) groups excluding carboxylic acids is 1. The predicted molar refractivity (Wildman–Crippen MR) is 108 cm³/mol. The van der Waals surface area contributed by atoms with Gasteiger partial charge >= 0.3 is 5.97 Å². The van der Waals surface area contributed by atoms with Crippen LogP contribution in [0.1, 0.15) is 27.4 Å². The van der Waals surface area contributed by atoms with Crippen molar-refractivity contribution < 1.29 is 18.4 Å². The van der Waals surface area contributed by atoms with E-state index in [9.17, 15) is 4.79 Å². The molecule has 3 heterocycles. The zero-order chi connectivity index (χ0) is 20.2. The summed E-state index contributed by atoms with van der Waals surface area (Å²) in [5.41, 5.74) is 2.86. The molecule has 0 fully saturated rings. The Morgan fingerprint density at radius 2 is 1.97 bits per heavy atom. The summed E-state index contributed by atoms with van der Waals surface area (Å²) in [6.45, 7) is 2.55. The van der Waals surface area contributed by atoms with Gasteiger partial charge in [0, 0.05) is 16.9 Å². The van der Waals surface area contributed by atoms with E-state index >= 15 is 0 Å². The highest BCUT2D eigenvalue weighted by Crippen LogP contribution is 2.30. The van der Waals surface area contributed by atoms with Gasteiger partial charge < -0.3 is 13.6 Å². The molecule has 0 saturated heterocycles. The summed E-state index contributed by atoms with van der Waals surface area (Å²) in [5.74, 6) is 1.77. The van der Waals surface area contributed by atoms with Gasteiger partial charge in [-0.1, -0.05) is 36.0 Å². The minimum Gasteiger partial charge on any atom is -0.467 e. The number of hydrogen-bond donors (Lipinski definition) is 0. The molecule has 4 rings (SSSR count). The van der Waals surface area contributed by atoms with Gasteiger partial charge in [-0.15, -0.1) is 10.2 Å². The Hall–Kier alpha value is -3.26. The predicted octanol–water partition coefficient (Wildman–Crippen LogP) is 4.57. The number of ether oxygens (including phenoxy) is 1. The van der Waals surface area contributed by atoms with Crippen molar-refractivity contribution in [3.63, 3.8) is 0 Å². The van der Waals surface area contributed by atoms with Crippen molar-refractivity contribution >= 4 is 17.7 Å². The summed E-state index contributed by atoms with van der Waals surface area (Å²) in [7, 11) is 1.33. The number of aromatic nitrogens is 3. The minimum absolute atomic E-state index is 0.205. The third-order valence-corrected chi connectivity index (χ3v) is 5.49. The molecule has 8 heteroatoms. The highest BCUT2D eigenvalue weighted by atomic mass is 32.2. The van der Waals surface area contributed by atoms with E-state index in [0.717, 1.165) is 33.4 Å². The Balaban J connectivity index is 1.66. The van der Waals surface area contributed by atoms with Gasteiger partial charge in [0.15, 0.2) is 11.0 Å². The lowest BCUT2D eigenvalue weighted by molar-refractivity contribution is 0.0564. The van der Waals surface area contributed by atoms with Gasteiger partial charge in [-0.25, -0.2) is 4.79 Å². The summed E-state index contributed by atoms with van der Waals surface area (Å²) in [4.78, 5) is 11.8. The Bertz CT molecular complexity index is 1110. The molecule has 1 aromatic carbocycles. The van der Waals surface area contributed by atoms with Crippen LogP contribution in [0.15, 0.2) is 69.0 Å². The lowest BCUT2D eigenvalue weighted by atomic mass is 10.1. The molecule has 148 valence electrons. The maximum absolute atomic E-state index is 11.8. The molecule has 0 bridgehead atoms. The first kappa shape index (κ1) is 19.1. The fourth-order valence-electron chi connectivity index (χ4n) is 2.98. The molecule has 7 nitrogen and oxygen atoms in total. The Morgan fingerprint density at radius 1 is 1.10 bits per heavy atom. The maximum Gasteiger partial charge on any atom is 0.374 e. The third-order valence-electron chi connectivity index (χ3n) is 4.47. The molecule has 0 aliphatic heterocycles. The van der Waals surface area contributed by atoms with Crippen LogP contribution in [0.5, 0.6) is 0 Å². The maximum atomic E-state index is 11.8. The second-order valence-corrected chi connectivity index (χ2v) is 7.28. The average molecular weight is 409 g/mol. The number of carbonyl (C=O) groups is 1. The minimum atomic E-state index is -0.497. The van der Waals surface area contributed by atoms with Gasteiger partial charge in [0.25, 0.3) is 0 Å². The zero-order valence-electron chi connectivity index (χ0n) is 16.0. The summed E-state index contributed by atoms with van der Waals surface area (Å²) in [6, 6.07) is 13.6. The van der Waals surface area contributed by atoms with E-state index in [0.29, 0.717) is 12.3 Å². The Morgan fingerprint density at radius 3 is 2.72 bits per heavy atom. The topological polar surface area (TPSA) is 83.3 Å². The van der Waals surface area contributed by atoms with Crippen LogP contribution < -0.4 is 0 Å². The first-order valence-electron chi connectivity index (χ1n) is 8.96.